The molecule has 0 aliphatic carbocycles. The van der Waals surface area contributed by atoms with Crippen molar-refractivity contribution in [2.24, 2.45) is 0 Å². The summed E-state index contributed by atoms with van der Waals surface area (Å²) in [6.07, 6.45) is 2.01. The number of benzene rings is 1. The molecule has 0 nitrogen and oxygen atoms in total. The van der Waals surface area contributed by atoms with E-state index < -0.39 is 0 Å². The Bertz CT molecular complexity index is 447. The Balaban J connectivity index is 2.85. The Morgan fingerprint density at radius 2 is 2.31 bits per heavy atom. The number of rotatable bonds is 1. The van der Waals surface area contributed by atoms with E-state index in [9.17, 15) is 0 Å². The molecule has 13 heavy (non-hydrogen) atoms. The minimum Gasteiger partial charge on any atom is -0.143 e. The molecule has 1 aromatic heterocycles. The van der Waals surface area contributed by atoms with Gasteiger partial charge in [0.25, 0.3) is 0 Å². The van der Waals surface area contributed by atoms with Gasteiger partial charge in [0.15, 0.2) is 0 Å². The van der Waals surface area contributed by atoms with E-state index >= 15 is 0 Å². The van der Waals surface area contributed by atoms with Crippen molar-refractivity contribution in [1.82, 2.24) is 0 Å². The molecule has 0 saturated heterocycles. The molecule has 4 heteroatoms. The van der Waals surface area contributed by atoms with Gasteiger partial charge in [-0.05, 0) is 29.2 Å². The second-order valence-electron chi connectivity index (χ2n) is 2.58. The number of thiophene rings is 1. The topological polar surface area (TPSA) is 0 Å². The molecule has 0 spiro atoms. The molecule has 0 aliphatic heterocycles. The summed E-state index contributed by atoms with van der Waals surface area (Å²) in [5.41, 5.74) is 0. The van der Waals surface area contributed by atoms with Crippen molar-refractivity contribution in [2.75, 3.05) is 6.26 Å². The van der Waals surface area contributed by atoms with E-state index in [4.69, 9.17) is 11.6 Å². The first-order valence-electron chi connectivity index (χ1n) is 3.66. The monoisotopic (exact) mass is 246 g/mol. The molecule has 0 saturated carbocycles. The van der Waals surface area contributed by atoms with Gasteiger partial charge in [-0.15, -0.1) is 35.7 Å². The third-order valence-corrected chi connectivity index (χ3v) is 4.77. The molecule has 0 unspecified atom stereocenters. The summed E-state index contributed by atoms with van der Waals surface area (Å²) in [4.78, 5) is 2.07. The van der Waals surface area contributed by atoms with Crippen LogP contribution in [0.1, 0.15) is 0 Å². The van der Waals surface area contributed by atoms with E-state index in [2.05, 4.69) is 24.1 Å². The second-order valence-corrected chi connectivity index (χ2v) is 5.17. The van der Waals surface area contributed by atoms with E-state index in [1.54, 1.807) is 23.1 Å². The molecule has 0 atom stereocenters. The largest absolute Gasteiger partial charge is 0.143 e. The lowest BCUT2D eigenvalue weighted by Crippen LogP contribution is -1.77. The van der Waals surface area contributed by atoms with Crippen molar-refractivity contribution >= 4 is 57.4 Å². The fraction of sp³-hybridized carbons (Fsp3) is 0.111. The van der Waals surface area contributed by atoms with E-state index in [1.165, 1.54) is 10.1 Å². The number of hydrogen-bond donors (Lipinski definition) is 1. The molecule has 0 amide bonds. The van der Waals surface area contributed by atoms with Crippen molar-refractivity contribution in [3.8, 4) is 0 Å². The number of hydrogen-bond acceptors (Lipinski definition) is 3. The Morgan fingerprint density at radius 3 is 3.00 bits per heavy atom. The smallest absolute Gasteiger partial charge is 0.0560 e. The van der Waals surface area contributed by atoms with Crippen LogP contribution in [-0.2, 0) is 0 Å². The molecule has 0 fully saturated rings. The summed E-state index contributed by atoms with van der Waals surface area (Å²) in [6.45, 7) is 0. The third kappa shape index (κ3) is 1.59. The van der Waals surface area contributed by atoms with Gasteiger partial charge >= 0.3 is 0 Å². The summed E-state index contributed by atoms with van der Waals surface area (Å²) in [7, 11) is 0. The molecule has 0 radical (unpaired) electrons. The van der Waals surface area contributed by atoms with E-state index in [1.807, 2.05) is 12.3 Å². The zero-order valence-corrected chi connectivity index (χ0v) is 10.2. The van der Waals surface area contributed by atoms with Gasteiger partial charge in [-0.2, -0.15) is 0 Å². The van der Waals surface area contributed by atoms with E-state index in [0.29, 0.717) is 0 Å². The van der Waals surface area contributed by atoms with Gasteiger partial charge < -0.3 is 0 Å². The van der Waals surface area contributed by atoms with Crippen molar-refractivity contribution in [2.45, 2.75) is 9.79 Å². The first-order valence-corrected chi connectivity index (χ1v) is 6.59. The highest BCUT2D eigenvalue weighted by atomic mass is 35.5. The number of fused-ring (bicyclic) bond motifs is 1. The number of thioether (sulfide) groups is 1. The molecule has 2 rings (SSSR count). The van der Waals surface area contributed by atoms with Crippen LogP contribution in [0.4, 0.5) is 0 Å². The van der Waals surface area contributed by atoms with Gasteiger partial charge in [-0.25, -0.2) is 0 Å². The van der Waals surface area contributed by atoms with Gasteiger partial charge in [0, 0.05) is 14.5 Å². The maximum atomic E-state index is 6.10. The number of thiol groups is 1. The predicted molar refractivity (Wildman–Crippen MR) is 65.9 cm³/mol. The summed E-state index contributed by atoms with van der Waals surface area (Å²) in [5.74, 6) is 0. The van der Waals surface area contributed by atoms with Crippen molar-refractivity contribution in [3.63, 3.8) is 0 Å². The van der Waals surface area contributed by atoms with Crippen LogP contribution in [-0.4, -0.2) is 6.26 Å². The third-order valence-electron chi connectivity index (χ3n) is 1.83. The normalized spacial score (nSPS) is 11.0. The minimum atomic E-state index is 0.795. The highest BCUT2D eigenvalue weighted by Gasteiger charge is 2.09. The molecule has 1 heterocycles. The first kappa shape index (κ1) is 9.71. The van der Waals surface area contributed by atoms with Gasteiger partial charge in [-0.3, -0.25) is 0 Å². The molecule has 1 aromatic carbocycles. The van der Waals surface area contributed by atoms with Gasteiger partial charge in [0.05, 0.1) is 5.02 Å². The zero-order valence-electron chi connectivity index (χ0n) is 6.87. The predicted octanol–water partition coefficient (Wildman–Crippen LogP) is 4.57. The fourth-order valence-corrected chi connectivity index (χ4v) is 3.87. The Hall–Kier alpha value is 0.170. The average Bonchev–Trinajstić information content (AvgIpc) is 2.53. The molecule has 0 N–H and O–H groups in total. The first-order chi connectivity index (χ1) is 6.24. The lowest BCUT2D eigenvalue weighted by Gasteiger charge is -2.05. The van der Waals surface area contributed by atoms with Crippen molar-refractivity contribution in [1.29, 1.82) is 0 Å². The Kier molecular flexibility index (Phi) is 2.79. The van der Waals surface area contributed by atoms with E-state index in [-0.39, 0.29) is 0 Å². The summed E-state index contributed by atoms with van der Waals surface area (Å²) < 4.78 is 1.22. The Morgan fingerprint density at radius 1 is 1.54 bits per heavy atom. The average molecular weight is 247 g/mol. The lowest BCUT2D eigenvalue weighted by molar-refractivity contribution is 1.33. The molecule has 0 bridgehead atoms. The molecule has 68 valence electrons. The fourth-order valence-electron chi connectivity index (χ4n) is 1.24. The molecular formula is C9H7ClS3. The maximum absolute atomic E-state index is 6.10. The van der Waals surface area contributed by atoms with Crippen LogP contribution in [0.25, 0.3) is 10.1 Å². The van der Waals surface area contributed by atoms with Crippen LogP contribution >= 0.6 is 47.3 Å². The van der Waals surface area contributed by atoms with Crippen molar-refractivity contribution < 1.29 is 0 Å². The zero-order chi connectivity index (χ0) is 9.42. The van der Waals surface area contributed by atoms with Crippen LogP contribution < -0.4 is 0 Å². The van der Waals surface area contributed by atoms with Gasteiger partial charge in [0.1, 0.15) is 0 Å². The summed E-state index contributed by atoms with van der Waals surface area (Å²) in [5, 5.41) is 4.03. The maximum Gasteiger partial charge on any atom is 0.0560 e. The quantitative estimate of drug-likeness (QED) is 0.568. The van der Waals surface area contributed by atoms with Crippen LogP contribution in [0.3, 0.4) is 0 Å². The highest BCUT2D eigenvalue weighted by Crippen LogP contribution is 2.39. The van der Waals surface area contributed by atoms with Gasteiger partial charge in [0.2, 0.25) is 0 Å². The standard InChI is InChI=1S/C9H7ClS3/c1-12-9-6(10)4-5-2-3-13-8(5)7(9)11/h2-4,11H,1H3. The molecule has 2 aromatic rings. The summed E-state index contributed by atoms with van der Waals surface area (Å²) in [6, 6.07) is 4.06. The highest BCUT2D eigenvalue weighted by molar-refractivity contribution is 7.99. The molecular weight excluding hydrogens is 240 g/mol. The van der Waals surface area contributed by atoms with E-state index in [0.717, 1.165) is 14.8 Å². The van der Waals surface area contributed by atoms with Crippen LogP contribution in [0.5, 0.6) is 0 Å². The van der Waals surface area contributed by atoms with Crippen LogP contribution in [0.15, 0.2) is 27.3 Å². The number of halogens is 1. The minimum absolute atomic E-state index is 0.795. The second kappa shape index (κ2) is 3.73. The van der Waals surface area contributed by atoms with Crippen LogP contribution in [0, 0.1) is 0 Å². The van der Waals surface area contributed by atoms with Crippen molar-refractivity contribution in [3.05, 3.63) is 22.5 Å². The Labute approximate surface area is 95.7 Å². The van der Waals surface area contributed by atoms with Gasteiger partial charge in [-0.1, -0.05) is 11.6 Å². The van der Waals surface area contributed by atoms with Crippen LogP contribution in [0.2, 0.25) is 5.02 Å². The SMILES string of the molecule is CSc1c(Cl)cc2ccsc2c1S. The summed E-state index contributed by atoms with van der Waals surface area (Å²) >= 11 is 13.9. The lowest BCUT2D eigenvalue weighted by atomic mass is 10.3. The molecule has 0 aliphatic rings.